The zero-order chi connectivity index (χ0) is 24.3. The smallest absolute Gasteiger partial charge is 0.387 e. The Morgan fingerprint density at radius 1 is 1.30 bits per heavy atom. The summed E-state index contributed by atoms with van der Waals surface area (Å²) >= 11 is 0. The van der Waals surface area contributed by atoms with Gasteiger partial charge in [0.05, 0.1) is 12.9 Å². The van der Waals surface area contributed by atoms with Gasteiger partial charge in [-0.25, -0.2) is 9.56 Å². The Kier molecular flexibility index (Phi) is 11.3. The molecular formula is C20H34N5O7P. The molecule has 4 unspecified atom stereocenters. The molecule has 2 heterocycles. The van der Waals surface area contributed by atoms with Crippen molar-refractivity contribution in [2.24, 2.45) is 21.6 Å². The predicted octanol–water partition coefficient (Wildman–Crippen LogP) is 0.925. The van der Waals surface area contributed by atoms with Crippen molar-refractivity contribution in [2.45, 2.75) is 69.5 Å². The first-order chi connectivity index (χ1) is 15.7. The number of aliphatic imine (C=N–C) groups is 2. The number of rotatable bonds is 9. The van der Waals surface area contributed by atoms with Crippen molar-refractivity contribution < 1.29 is 33.8 Å². The second-order valence-electron chi connectivity index (χ2n) is 7.96. The van der Waals surface area contributed by atoms with Crippen LogP contribution in [0.15, 0.2) is 34.0 Å². The molecule has 0 bridgehead atoms. The predicted molar refractivity (Wildman–Crippen MR) is 124 cm³/mol. The summed E-state index contributed by atoms with van der Waals surface area (Å²) in [6, 6.07) is 0. The molecule has 8 N–H and O–H groups in total. The van der Waals surface area contributed by atoms with Crippen LogP contribution in [0.4, 0.5) is 0 Å². The van der Waals surface area contributed by atoms with E-state index in [1.807, 2.05) is 12.4 Å². The largest absolute Gasteiger partial charge is 0.469 e. The van der Waals surface area contributed by atoms with Crippen molar-refractivity contribution in [1.29, 1.82) is 5.41 Å². The molecule has 0 aromatic heterocycles. The van der Waals surface area contributed by atoms with E-state index in [0.717, 1.165) is 19.3 Å². The van der Waals surface area contributed by atoms with Gasteiger partial charge >= 0.3 is 7.82 Å². The van der Waals surface area contributed by atoms with E-state index in [1.54, 1.807) is 6.08 Å². The van der Waals surface area contributed by atoms with Gasteiger partial charge in [-0.05, 0) is 31.6 Å². The lowest BCUT2D eigenvalue weighted by Crippen LogP contribution is -2.40. The lowest BCUT2D eigenvalue weighted by atomic mass is 9.98. The van der Waals surface area contributed by atoms with Gasteiger partial charge in [0.2, 0.25) is 0 Å². The maximum absolute atomic E-state index is 10.8. The van der Waals surface area contributed by atoms with Crippen LogP contribution in [0.2, 0.25) is 0 Å². The van der Waals surface area contributed by atoms with Crippen molar-refractivity contribution in [3.8, 4) is 0 Å². The zero-order valence-corrected chi connectivity index (χ0v) is 19.3. The van der Waals surface area contributed by atoms with Gasteiger partial charge in [0.1, 0.15) is 29.8 Å². The number of phosphoric acid groups is 1. The van der Waals surface area contributed by atoms with E-state index in [4.69, 9.17) is 25.7 Å². The number of hydrogen-bond donors (Lipinski definition) is 7. The van der Waals surface area contributed by atoms with E-state index in [2.05, 4.69) is 25.9 Å². The molecule has 0 spiro atoms. The third-order valence-corrected chi connectivity index (χ3v) is 5.77. The monoisotopic (exact) mass is 487 g/mol. The Balaban J connectivity index is 1.93. The van der Waals surface area contributed by atoms with Gasteiger partial charge in [-0.2, -0.15) is 0 Å². The lowest BCUT2D eigenvalue weighted by molar-refractivity contribution is -0.0253. The number of nitrogens with two attached hydrogens (primary N) is 1. The van der Waals surface area contributed by atoms with Crippen LogP contribution in [-0.4, -0.2) is 69.5 Å². The highest BCUT2D eigenvalue weighted by Crippen LogP contribution is 2.37. The number of allylic oxidation sites excluding steroid dienone is 2. The second kappa shape index (κ2) is 13.7. The number of amidine groups is 1. The number of phosphoric ester groups is 1. The van der Waals surface area contributed by atoms with Crippen molar-refractivity contribution in [3.05, 3.63) is 24.0 Å². The Labute approximate surface area is 193 Å². The van der Waals surface area contributed by atoms with Gasteiger partial charge in [0.15, 0.2) is 6.23 Å². The summed E-state index contributed by atoms with van der Waals surface area (Å²) in [7, 11) is -4.74. The molecule has 1 saturated heterocycles. The lowest BCUT2D eigenvalue weighted by Gasteiger charge is -2.14. The fourth-order valence-corrected chi connectivity index (χ4v) is 3.79. The Morgan fingerprint density at radius 2 is 2.06 bits per heavy atom. The number of nitrogens with one attached hydrogen (secondary N) is 2. The van der Waals surface area contributed by atoms with Crippen LogP contribution in [0.3, 0.4) is 0 Å². The maximum Gasteiger partial charge on any atom is 0.469 e. The topological polar surface area (TPSA) is 203 Å². The van der Waals surface area contributed by atoms with E-state index in [9.17, 15) is 14.8 Å². The highest BCUT2D eigenvalue weighted by molar-refractivity contribution is 7.46. The summed E-state index contributed by atoms with van der Waals surface area (Å²) in [5, 5.41) is 30.4. The molecule has 2 rings (SSSR count). The molecule has 1 fully saturated rings. The van der Waals surface area contributed by atoms with Gasteiger partial charge in [-0.1, -0.05) is 31.4 Å². The van der Waals surface area contributed by atoms with Crippen LogP contribution in [0, 0.1) is 11.3 Å². The van der Waals surface area contributed by atoms with Crippen molar-refractivity contribution in [1.82, 2.24) is 5.32 Å². The molecule has 0 radical (unpaired) electrons. The first kappa shape index (κ1) is 27.3. The zero-order valence-electron chi connectivity index (χ0n) is 18.4. The molecule has 0 amide bonds. The summed E-state index contributed by atoms with van der Waals surface area (Å²) in [6.45, 7) is -0.603. The maximum atomic E-state index is 10.8. The number of nitrogens with zero attached hydrogens (tertiary/aromatic N) is 2. The van der Waals surface area contributed by atoms with E-state index >= 15 is 0 Å². The highest BCUT2D eigenvalue weighted by atomic mass is 31.2. The summed E-state index contributed by atoms with van der Waals surface area (Å²) in [6.07, 6.45) is 10.9. The quantitative estimate of drug-likeness (QED) is 0.140. The van der Waals surface area contributed by atoms with Crippen LogP contribution >= 0.6 is 7.82 Å². The van der Waals surface area contributed by atoms with Gasteiger partial charge in [0.25, 0.3) is 0 Å². The normalized spacial score (nSPS) is 31.8. The van der Waals surface area contributed by atoms with E-state index in [-0.39, 0.29) is 17.5 Å². The molecule has 0 aliphatic carbocycles. The van der Waals surface area contributed by atoms with Crippen LogP contribution < -0.4 is 11.1 Å². The van der Waals surface area contributed by atoms with E-state index in [0.29, 0.717) is 6.42 Å². The highest BCUT2D eigenvalue weighted by Gasteiger charge is 2.43. The molecule has 2 aliphatic rings. The van der Waals surface area contributed by atoms with Crippen molar-refractivity contribution in [2.75, 3.05) is 6.61 Å². The van der Waals surface area contributed by atoms with Crippen LogP contribution in [0.25, 0.3) is 0 Å². The fraction of sp³-hybridized carbons (Fsp3) is 0.650. The standard InChI is InChI=1S/C20H34N5O7P/c21-19(22)15(9-8-14-7-5-3-1-2-4-6-10-23-11-14)24-13-25-20-18(27)17(26)16(32-20)12-31-33(28,29)30/h6,9-11,13-14,16-18,20,26-27H,1-5,7-8,12H2,(H3,21,22)(H,24,25)(H2,28,29,30)/b10-6-,15-9+,23-11-/t14-,16?,17?,18?,20?/m1/s1. The minimum Gasteiger partial charge on any atom is -0.387 e. The summed E-state index contributed by atoms with van der Waals surface area (Å²) in [4.78, 5) is 26.0. The fourth-order valence-electron chi connectivity index (χ4n) is 3.45. The van der Waals surface area contributed by atoms with Gasteiger partial charge in [-0.3, -0.25) is 14.9 Å². The summed E-state index contributed by atoms with van der Waals surface area (Å²) in [5.41, 5.74) is 5.87. The first-order valence-electron chi connectivity index (χ1n) is 10.9. The number of aliphatic hydroxyl groups is 2. The molecule has 0 aromatic carbocycles. The van der Waals surface area contributed by atoms with Crippen molar-refractivity contribution in [3.63, 3.8) is 0 Å². The molecule has 186 valence electrons. The third-order valence-electron chi connectivity index (χ3n) is 5.29. The summed E-state index contributed by atoms with van der Waals surface area (Å²) in [5.74, 6) is -0.0439. The number of ether oxygens (including phenoxy) is 1. The molecule has 13 heteroatoms. The summed E-state index contributed by atoms with van der Waals surface area (Å²) < 4.78 is 20.5. The molecule has 2 aliphatic heterocycles. The molecular weight excluding hydrogens is 453 g/mol. The van der Waals surface area contributed by atoms with Crippen LogP contribution in [0.1, 0.15) is 44.9 Å². The number of aliphatic hydroxyl groups excluding tert-OH is 2. The molecule has 12 nitrogen and oxygen atoms in total. The Hall–Kier alpha value is -1.92. The van der Waals surface area contributed by atoms with Gasteiger partial charge in [0, 0.05) is 12.4 Å². The van der Waals surface area contributed by atoms with E-state index < -0.39 is 39.0 Å². The average Bonchev–Trinajstić information content (AvgIpc) is 2.99. The first-order valence-corrected chi connectivity index (χ1v) is 12.4. The molecule has 5 atom stereocenters. The minimum absolute atomic E-state index is 0.190. The molecule has 0 saturated carbocycles. The van der Waals surface area contributed by atoms with Gasteiger partial charge < -0.3 is 35.8 Å². The second-order valence-corrected chi connectivity index (χ2v) is 9.20. The number of hydrogen-bond acceptors (Lipinski definition) is 8. The van der Waals surface area contributed by atoms with Gasteiger partial charge in [-0.15, -0.1) is 0 Å². The Bertz CT molecular complexity index is 798. The molecule has 0 aromatic rings. The third kappa shape index (κ3) is 10.3. The average molecular weight is 487 g/mol. The molecule has 33 heavy (non-hydrogen) atoms. The van der Waals surface area contributed by atoms with Crippen molar-refractivity contribution >= 4 is 26.2 Å². The van der Waals surface area contributed by atoms with Crippen LogP contribution in [-0.2, 0) is 13.8 Å². The van der Waals surface area contributed by atoms with E-state index in [1.165, 1.54) is 25.6 Å². The Morgan fingerprint density at radius 3 is 2.79 bits per heavy atom. The minimum atomic E-state index is -4.74. The van der Waals surface area contributed by atoms with Crippen LogP contribution in [0.5, 0.6) is 0 Å². The SMILES string of the molecule is N=C(N)C(=C\C[C@@H]1/C=N\C=C/CCCCCC1)/N=C\NC1OC(COP(=O)(O)O)C(O)C1O.